The number of hydrogen-bond donors (Lipinski definition) is 3. The fraction of sp³-hybridized carbons (Fsp3) is 0.389. The van der Waals surface area contributed by atoms with Gasteiger partial charge in [0.25, 0.3) is 0 Å². The Bertz CT molecular complexity index is 803. The summed E-state index contributed by atoms with van der Waals surface area (Å²) in [5, 5.41) is 11.4. The number of amides is 1. The molecule has 1 atom stereocenters. The highest BCUT2D eigenvalue weighted by Crippen LogP contribution is 2.32. The Morgan fingerprint density at radius 2 is 2.15 bits per heavy atom. The Hall–Kier alpha value is -2.42. The van der Waals surface area contributed by atoms with E-state index < -0.39 is 18.3 Å². The summed E-state index contributed by atoms with van der Waals surface area (Å²) < 4.78 is 5.38. The predicted octanol–water partition coefficient (Wildman–Crippen LogP) is 1.77. The number of rotatable bonds is 5. The van der Waals surface area contributed by atoms with Gasteiger partial charge in [0.1, 0.15) is 12.2 Å². The van der Waals surface area contributed by atoms with E-state index in [0.29, 0.717) is 16.8 Å². The molecule has 0 spiro atoms. The second kappa shape index (κ2) is 8.51. The van der Waals surface area contributed by atoms with E-state index in [1.54, 1.807) is 0 Å². The second-order valence-electron chi connectivity index (χ2n) is 6.34. The number of carbonyl (C=O) groups excluding carboxylic acids is 1. The molecule has 27 heavy (non-hydrogen) atoms. The molecule has 3 rings (SSSR count). The standard InChI is InChI=1S/C18H21ClN4O4/c19-13-9-14(21-15(24)10-16(25)26)18(20)22-17(13)11-1-3-12(4-2-11)23-5-7-27-8-6-23/h1-3,9,12H,4-8,10H2,(H2,20,22)(H,21,24)(H,25,26). The minimum atomic E-state index is -1.23. The summed E-state index contributed by atoms with van der Waals surface area (Å²) in [6.45, 7) is 3.32. The Labute approximate surface area is 161 Å². The van der Waals surface area contributed by atoms with Gasteiger partial charge in [0.05, 0.1) is 29.6 Å². The molecule has 0 saturated carbocycles. The lowest BCUT2D eigenvalue weighted by atomic mass is 9.99. The van der Waals surface area contributed by atoms with E-state index in [1.165, 1.54) is 6.07 Å². The summed E-state index contributed by atoms with van der Waals surface area (Å²) in [7, 11) is 0. The highest BCUT2D eigenvalue weighted by Gasteiger charge is 2.21. The number of nitrogen functional groups attached to an aromatic ring is 1. The van der Waals surface area contributed by atoms with Crippen molar-refractivity contribution >= 4 is 40.6 Å². The van der Waals surface area contributed by atoms with Crippen LogP contribution < -0.4 is 11.1 Å². The zero-order valence-electron chi connectivity index (χ0n) is 14.7. The molecule has 144 valence electrons. The molecule has 4 N–H and O–H groups in total. The number of morpholine rings is 1. The van der Waals surface area contributed by atoms with Crippen LogP contribution >= 0.6 is 11.6 Å². The fourth-order valence-electron chi connectivity index (χ4n) is 3.10. The lowest BCUT2D eigenvalue weighted by Gasteiger charge is -2.33. The number of carbonyl (C=O) groups is 2. The number of carboxylic acids is 1. The topological polar surface area (TPSA) is 118 Å². The average Bonchev–Trinajstić information content (AvgIpc) is 2.65. The summed E-state index contributed by atoms with van der Waals surface area (Å²) in [5.74, 6) is -1.84. The quantitative estimate of drug-likeness (QED) is 0.653. The third kappa shape index (κ3) is 4.85. The number of aromatic nitrogens is 1. The number of ether oxygens (including phenoxy) is 1. The molecule has 2 heterocycles. The van der Waals surface area contributed by atoms with Crippen molar-refractivity contribution in [3.8, 4) is 0 Å². The van der Waals surface area contributed by atoms with Gasteiger partial charge >= 0.3 is 5.97 Å². The van der Waals surface area contributed by atoms with Crippen LogP contribution in [0.5, 0.6) is 0 Å². The number of aliphatic carboxylic acids is 1. The van der Waals surface area contributed by atoms with Crippen LogP contribution in [0.2, 0.25) is 5.02 Å². The molecule has 1 aromatic rings. The molecule has 0 radical (unpaired) electrons. The summed E-state index contributed by atoms with van der Waals surface area (Å²) >= 11 is 6.32. The smallest absolute Gasteiger partial charge is 0.312 e. The highest BCUT2D eigenvalue weighted by atomic mass is 35.5. The van der Waals surface area contributed by atoms with Crippen molar-refractivity contribution in [2.24, 2.45) is 0 Å². The van der Waals surface area contributed by atoms with Crippen LogP contribution in [-0.2, 0) is 14.3 Å². The molecule has 1 fully saturated rings. The Morgan fingerprint density at radius 3 is 2.78 bits per heavy atom. The van der Waals surface area contributed by atoms with Gasteiger partial charge in [-0.1, -0.05) is 29.8 Å². The van der Waals surface area contributed by atoms with Crippen molar-refractivity contribution < 1.29 is 19.4 Å². The number of halogens is 1. The normalized spacial score (nSPS) is 20.2. The zero-order valence-corrected chi connectivity index (χ0v) is 15.4. The summed E-state index contributed by atoms with van der Waals surface area (Å²) in [6.07, 6.45) is 6.34. The maximum Gasteiger partial charge on any atom is 0.312 e. The lowest BCUT2D eigenvalue weighted by Crippen LogP contribution is -2.42. The largest absolute Gasteiger partial charge is 0.481 e. The van der Waals surface area contributed by atoms with E-state index in [1.807, 2.05) is 6.08 Å². The first-order valence-corrected chi connectivity index (χ1v) is 9.00. The number of carboxylic acid groups (broad SMARTS) is 1. The van der Waals surface area contributed by atoms with Gasteiger partial charge < -0.3 is 20.9 Å². The zero-order chi connectivity index (χ0) is 19.4. The summed E-state index contributed by atoms with van der Waals surface area (Å²) in [6, 6.07) is 1.81. The Morgan fingerprint density at radius 1 is 1.41 bits per heavy atom. The summed E-state index contributed by atoms with van der Waals surface area (Å²) in [5.41, 5.74) is 7.50. The molecule has 1 amide bonds. The third-order valence-corrected chi connectivity index (χ3v) is 4.74. The van der Waals surface area contributed by atoms with Crippen LogP contribution in [0, 0.1) is 0 Å². The van der Waals surface area contributed by atoms with Gasteiger partial charge in [-0.2, -0.15) is 0 Å². The molecular weight excluding hydrogens is 372 g/mol. The third-order valence-electron chi connectivity index (χ3n) is 4.46. The van der Waals surface area contributed by atoms with Gasteiger partial charge in [-0.05, 0) is 18.1 Å². The van der Waals surface area contributed by atoms with E-state index in [9.17, 15) is 9.59 Å². The first-order chi connectivity index (χ1) is 12.9. The van der Waals surface area contributed by atoms with E-state index in [2.05, 4.69) is 27.4 Å². The number of nitrogens with one attached hydrogen (secondary N) is 1. The molecule has 0 aromatic carbocycles. The average molecular weight is 393 g/mol. The number of allylic oxidation sites excluding steroid dienone is 2. The number of nitrogens with zero attached hydrogens (tertiary/aromatic N) is 2. The number of nitrogens with two attached hydrogens (primary N) is 1. The monoisotopic (exact) mass is 392 g/mol. The molecular formula is C18H21ClN4O4. The number of hydrogen-bond acceptors (Lipinski definition) is 6. The van der Waals surface area contributed by atoms with Gasteiger partial charge in [0, 0.05) is 19.1 Å². The van der Waals surface area contributed by atoms with Gasteiger partial charge in [-0.15, -0.1) is 0 Å². The van der Waals surface area contributed by atoms with Crippen LogP contribution in [0.1, 0.15) is 18.5 Å². The van der Waals surface area contributed by atoms with E-state index >= 15 is 0 Å². The number of anilines is 2. The summed E-state index contributed by atoms with van der Waals surface area (Å²) in [4.78, 5) is 28.9. The molecule has 1 aliphatic heterocycles. The maximum absolute atomic E-state index is 11.6. The molecule has 1 aromatic heterocycles. The Balaban J connectivity index is 1.71. The van der Waals surface area contributed by atoms with Crippen LogP contribution in [-0.4, -0.2) is 59.2 Å². The molecule has 2 aliphatic rings. The van der Waals surface area contributed by atoms with Crippen molar-refractivity contribution in [2.75, 3.05) is 37.4 Å². The van der Waals surface area contributed by atoms with Crippen LogP contribution in [0.25, 0.3) is 5.57 Å². The minimum absolute atomic E-state index is 0.0812. The second-order valence-corrected chi connectivity index (χ2v) is 6.75. The van der Waals surface area contributed by atoms with Gasteiger partial charge in [-0.3, -0.25) is 14.5 Å². The van der Waals surface area contributed by atoms with Gasteiger partial charge in [0.2, 0.25) is 5.91 Å². The van der Waals surface area contributed by atoms with Gasteiger partial charge in [-0.25, -0.2) is 4.98 Å². The molecule has 1 unspecified atom stereocenters. The molecule has 1 aliphatic carbocycles. The Kier molecular flexibility index (Phi) is 6.10. The van der Waals surface area contributed by atoms with Crippen molar-refractivity contribution in [3.63, 3.8) is 0 Å². The number of pyridine rings is 1. The van der Waals surface area contributed by atoms with Crippen molar-refractivity contribution in [1.82, 2.24) is 9.88 Å². The predicted molar refractivity (Wildman–Crippen MR) is 102 cm³/mol. The van der Waals surface area contributed by atoms with E-state index in [4.69, 9.17) is 27.2 Å². The van der Waals surface area contributed by atoms with Crippen molar-refractivity contribution in [2.45, 2.75) is 18.9 Å². The molecule has 8 nitrogen and oxygen atoms in total. The highest BCUT2D eigenvalue weighted by molar-refractivity contribution is 6.32. The first kappa shape index (κ1) is 19.3. The van der Waals surface area contributed by atoms with Crippen molar-refractivity contribution in [3.05, 3.63) is 35.0 Å². The SMILES string of the molecule is Nc1nc(C2=CCC(N3CCOCC3)C=C2)c(Cl)cc1NC(=O)CC(=O)O. The first-order valence-electron chi connectivity index (χ1n) is 8.62. The van der Waals surface area contributed by atoms with Crippen molar-refractivity contribution in [1.29, 1.82) is 0 Å². The minimum Gasteiger partial charge on any atom is -0.481 e. The van der Waals surface area contributed by atoms with Gasteiger partial charge in [0.15, 0.2) is 0 Å². The molecule has 1 saturated heterocycles. The van der Waals surface area contributed by atoms with E-state index in [-0.39, 0.29) is 11.5 Å². The van der Waals surface area contributed by atoms with Crippen LogP contribution in [0.15, 0.2) is 24.3 Å². The fourth-order valence-corrected chi connectivity index (χ4v) is 3.36. The molecule has 9 heteroatoms. The lowest BCUT2D eigenvalue weighted by molar-refractivity contribution is -0.139. The molecule has 0 bridgehead atoms. The maximum atomic E-state index is 11.6. The van der Waals surface area contributed by atoms with E-state index in [0.717, 1.165) is 38.3 Å². The van der Waals surface area contributed by atoms with Crippen LogP contribution in [0.3, 0.4) is 0 Å². The van der Waals surface area contributed by atoms with Crippen LogP contribution in [0.4, 0.5) is 11.5 Å².